The summed E-state index contributed by atoms with van der Waals surface area (Å²) < 4.78 is 10.9. The van der Waals surface area contributed by atoms with E-state index in [1.165, 1.54) is 0 Å². The molecule has 2 saturated heterocycles. The number of benzene rings is 1. The van der Waals surface area contributed by atoms with Gasteiger partial charge in [0.05, 0.1) is 26.4 Å². The van der Waals surface area contributed by atoms with Gasteiger partial charge in [0.15, 0.2) is 0 Å². The average Bonchev–Trinajstić information content (AvgIpc) is 2.86. The molecule has 2 aliphatic heterocycles. The Labute approximate surface area is 134 Å². The smallest absolute Gasteiger partial charge is 0.206 e. The summed E-state index contributed by atoms with van der Waals surface area (Å²) in [7, 11) is 0. The van der Waals surface area contributed by atoms with E-state index >= 15 is 0 Å². The number of hydrogen-bond donors (Lipinski definition) is 0. The van der Waals surface area contributed by atoms with Gasteiger partial charge in [0, 0.05) is 37.3 Å². The third-order valence-corrected chi connectivity index (χ3v) is 4.99. The van der Waals surface area contributed by atoms with Crippen LogP contribution in [0.4, 0.5) is 0 Å². The van der Waals surface area contributed by atoms with Crippen LogP contribution in [0.1, 0.15) is 20.7 Å². The molecule has 23 heavy (non-hydrogen) atoms. The van der Waals surface area contributed by atoms with Gasteiger partial charge in [0.2, 0.25) is 17.2 Å². The van der Waals surface area contributed by atoms with E-state index in [0.29, 0.717) is 63.7 Å². The second kappa shape index (κ2) is 5.79. The third-order valence-electron chi connectivity index (χ3n) is 4.99. The number of fused-ring (bicyclic) bond motifs is 1. The lowest BCUT2D eigenvalue weighted by molar-refractivity contribution is -0.0870. The number of carbonyl (C=O) groups is 2. The van der Waals surface area contributed by atoms with Gasteiger partial charge in [-0.25, -0.2) is 0 Å². The molecule has 4 rings (SSSR count). The van der Waals surface area contributed by atoms with Crippen molar-refractivity contribution >= 4 is 11.6 Å². The molecule has 1 aromatic carbocycles. The first-order chi connectivity index (χ1) is 11.3. The highest BCUT2D eigenvalue weighted by Crippen LogP contribution is 2.38. The van der Waals surface area contributed by atoms with Gasteiger partial charge in [-0.05, 0) is 0 Å². The Bertz CT molecular complexity index is 578. The van der Waals surface area contributed by atoms with Crippen molar-refractivity contribution in [1.29, 1.82) is 0 Å². The Morgan fingerprint density at radius 1 is 0.739 bits per heavy atom. The van der Waals surface area contributed by atoms with Gasteiger partial charge < -0.3 is 9.47 Å². The fraction of sp³-hybridized carbons (Fsp3) is 0.529. The topological polar surface area (TPSA) is 59.1 Å². The second-order valence-corrected chi connectivity index (χ2v) is 6.07. The average molecular weight is 316 g/mol. The first-order valence-electron chi connectivity index (χ1n) is 8.10. The fourth-order valence-corrected chi connectivity index (χ4v) is 3.91. The molecule has 3 aliphatic rings. The summed E-state index contributed by atoms with van der Waals surface area (Å²) in [4.78, 5) is 30.7. The molecule has 2 fully saturated rings. The maximum atomic E-state index is 13.3. The van der Waals surface area contributed by atoms with Crippen LogP contribution < -0.4 is 0 Å². The van der Waals surface area contributed by atoms with Crippen LogP contribution in [-0.2, 0) is 9.47 Å². The summed E-state index contributed by atoms with van der Waals surface area (Å²) in [5, 5.41) is 0. The van der Waals surface area contributed by atoms with E-state index in [4.69, 9.17) is 9.47 Å². The zero-order valence-corrected chi connectivity index (χ0v) is 13.0. The maximum Gasteiger partial charge on any atom is 0.206 e. The molecule has 0 atom stereocenters. The summed E-state index contributed by atoms with van der Waals surface area (Å²) >= 11 is 0. The zero-order chi connectivity index (χ0) is 15.9. The molecule has 0 N–H and O–H groups in total. The quantitative estimate of drug-likeness (QED) is 0.738. The van der Waals surface area contributed by atoms with Crippen molar-refractivity contribution in [2.24, 2.45) is 0 Å². The van der Waals surface area contributed by atoms with Gasteiger partial charge in [-0.3, -0.25) is 19.4 Å². The fourth-order valence-electron chi connectivity index (χ4n) is 3.91. The van der Waals surface area contributed by atoms with Crippen molar-refractivity contribution in [2.75, 3.05) is 52.6 Å². The van der Waals surface area contributed by atoms with Gasteiger partial charge in [0.1, 0.15) is 0 Å². The molecule has 6 heteroatoms. The van der Waals surface area contributed by atoms with Crippen LogP contribution in [0.2, 0.25) is 0 Å². The maximum absolute atomic E-state index is 13.3. The van der Waals surface area contributed by atoms with Gasteiger partial charge in [-0.1, -0.05) is 24.3 Å². The largest absolute Gasteiger partial charge is 0.379 e. The highest BCUT2D eigenvalue weighted by atomic mass is 16.5. The minimum Gasteiger partial charge on any atom is -0.379 e. The van der Waals surface area contributed by atoms with Crippen LogP contribution in [0.15, 0.2) is 24.3 Å². The summed E-state index contributed by atoms with van der Waals surface area (Å²) in [6, 6.07) is 7.16. The number of rotatable bonds is 2. The van der Waals surface area contributed by atoms with Crippen molar-refractivity contribution in [1.82, 2.24) is 9.80 Å². The molecule has 0 unspecified atom stereocenters. The van der Waals surface area contributed by atoms with E-state index in [1.54, 1.807) is 12.1 Å². The molecule has 122 valence electrons. The highest BCUT2D eigenvalue weighted by Gasteiger charge is 2.60. The predicted molar refractivity (Wildman–Crippen MR) is 82.6 cm³/mol. The first kappa shape index (κ1) is 15.0. The normalized spacial score (nSPS) is 25.6. The van der Waals surface area contributed by atoms with Crippen LogP contribution in [0.3, 0.4) is 0 Å². The molecule has 2 heterocycles. The second-order valence-electron chi connectivity index (χ2n) is 6.07. The Balaban J connectivity index is 1.83. The molecule has 0 saturated carbocycles. The Morgan fingerprint density at radius 3 is 1.52 bits per heavy atom. The lowest BCUT2D eigenvalue weighted by atomic mass is 9.97. The minimum atomic E-state index is -1.21. The summed E-state index contributed by atoms with van der Waals surface area (Å²) in [6.45, 7) is 4.52. The molecule has 0 spiro atoms. The van der Waals surface area contributed by atoms with Crippen LogP contribution in [0.5, 0.6) is 0 Å². The van der Waals surface area contributed by atoms with Crippen molar-refractivity contribution in [2.45, 2.75) is 5.66 Å². The molecule has 1 aliphatic carbocycles. The van der Waals surface area contributed by atoms with Gasteiger partial charge in [-0.2, -0.15) is 0 Å². The van der Waals surface area contributed by atoms with Crippen LogP contribution in [0.25, 0.3) is 0 Å². The van der Waals surface area contributed by atoms with E-state index in [0.717, 1.165) is 0 Å². The number of ketones is 2. The van der Waals surface area contributed by atoms with E-state index in [9.17, 15) is 9.59 Å². The number of ether oxygens (including phenoxy) is 2. The van der Waals surface area contributed by atoms with Gasteiger partial charge >= 0.3 is 0 Å². The molecule has 6 nitrogen and oxygen atoms in total. The Morgan fingerprint density at radius 2 is 1.13 bits per heavy atom. The molecule has 0 aromatic heterocycles. The molecule has 0 radical (unpaired) electrons. The van der Waals surface area contributed by atoms with Crippen LogP contribution >= 0.6 is 0 Å². The number of morpholine rings is 2. The van der Waals surface area contributed by atoms with E-state index < -0.39 is 5.66 Å². The molecule has 0 bridgehead atoms. The predicted octanol–water partition coefficient (Wildman–Crippen LogP) is 0.426. The van der Waals surface area contributed by atoms with Crippen LogP contribution in [0, 0.1) is 0 Å². The third kappa shape index (κ3) is 2.10. The first-order valence-corrected chi connectivity index (χ1v) is 8.10. The Hall–Kier alpha value is -1.60. The number of nitrogens with zero attached hydrogens (tertiary/aromatic N) is 2. The van der Waals surface area contributed by atoms with Gasteiger partial charge in [-0.15, -0.1) is 0 Å². The SMILES string of the molecule is O=C1c2ccccc2C(=O)C1(N1CCOCC1)N1CCOCC1. The lowest BCUT2D eigenvalue weighted by Gasteiger charge is -2.48. The highest BCUT2D eigenvalue weighted by molar-refractivity contribution is 6.32. The molecule has 0 amide bonds. The van der Waals surface area contributed by atoms with Crippen LogP contribution in [-0.4, -0.2) is 79.6 Å². The number of hydrogen-bond acceptors (Lipinski definition) is 6. The van der Waals surface area contributed by atoms with Crippen molar-refractivity contribution in [3.05, 3.63) is 35.4 Å². The molecular weight excluding hydrogens is 296 g/mol. The number of carbonyl (C=O) groups excluding carboxylic acids is 2. The summed E-state index contributed by atoms with van der Waals surface area (Å²) in [5.41, 5.74) is -0.136. The van der Waals surface area contributed by atoms with Gasteiger partial charge in [0.25, 0.3) is 0 Å². The number of Topliss-reactive ketones (excluding diaryl/α,β-unsaturated/α-hetero) is 2. The molecule has 1 aromatic rings. The van der Waals surface area contributed by atoms with E-state index in [1.807, 2.05) is 21.9 Å². The van der Waals surface area contributed by atoms with Crippen molar-refractivity contribution in [3.63, 3.8) is 0 Å². The molecular formula is C17H20N2O4. The minimum absolute atomic E-state index is 0.0955. The zero-order valence-electron chi connectivity index (χ0n) is 13.0. The van der Waals surface area contributed by atoms with E-state index in [2.05, 4.69) is 0 Å². The lowest BCUT2D eigenvalue weighted by Crippen LogP contribution is -2.71. The monoisotopic (exact) mass is 316 g/mol. The van der Waals surface area contributed by atoms with Crippen molar-refractivity contribution in [3.8, 4) is 0 Å². The summed E-state index contributed by atoms with van der Waals surface area (Å²) in [6.07, 6.45) is 0. The standard InChI is InChI=1S/C17H20N2O4/c20-15-13-3-1-2-4-14(13)16(21)17(15,18-5-9-22-10-6-18)19-7-11-23-12-8-19/h1-4H,5-12H2. The van der Waals surface area contributed by atoms with Crippen molar-refractivity contribution < 1.29 is 19.1 Å². The Kier molecular flexibility index (Phi) is 3.77. The van der Waals surface area contributed by atoms with E-state index in [-0.39, 0.29) is 11.6 Å². The summed E-state index contributed by atoms with van der Waals surface area (Å²) in [5.74, 6) is -0.191.